The molecule has 21 heavy (non-hydrogen) atoms. The standard InChI is InChI=1S/C18H26O3/c1-12-9-17-8-5-14-15(2,3)6-4-7-16(14,11-21-17)18(17,20)10-13(12)19/h9,14,20H,4-8,10-11H2,1-3H3/t14-,16+,17+,18-/m0/s1. The molecular formula is C18H26O3. The number of rotatable bonds is 0. The predicted molar refractivity (Wildman–Crippen MR) is 79.8 cm³/mol. The molecule has 1 heterocycles. The summed E-state index contributed by atoms with van der Waals surface area (Å²) >= 11 is 0. The Labute approximate surface area is 126 Å². The highest BCUT2D eigenvalue weighted by molar-refractivity contribution is 5.97. The number of hydrogen-bond acceptors (Lipinski definition) is 3. The molecule has 1 N–H and O–H groups in total. The highest BCUT2D eigenvalue weighted by Gasteiger charge is 2.75. The summed E-state index contributed by atoms with van der Waals surface area (Å²) in [5, 5.41) is 11.7. The van der Waals surface area contributed by atoms with Crippen LogP contribution in [0.4, 0.5) is 0 Å². The van der Waals surface area contributed by atoms with Gasteiger partial charge in [0, 0.05) is 11.8 Å². The molecule has 116 valence electrons. The van der Waals surface area contributed by atoms with Crippen LogP contribution < -0.4 is 0 Å². The van der Waals surface area contributed by atoms with Gasteiger partial charge in [0.1, 0.15) is 11.2 Å². The van der Waals surface area contributed by atoms with E-state index in [4.69, 9.17) is 4.74 Å². The van der Waals surface area contributed by atoms with E-state index in [0.717, 1.165) is 31.3 Å². The highest BCUT2D eigenvalue weighted by Crippen LogP contribution is 2.70. The van der Waals surface area contributed by atoms with Crippen molar-refractivity contribution in [2.75, 3.05) is 6.61 Å². The summed E-state index contributed by atoms with van der Waals surface area (Å²) in [6.45, 7) is 7.15. The summed E-state index contributed by atoms with van der Waals surface area (Å²) in [6.07, 6.45) is 7.50. The highest BCUT2D eigenvalue weighted by atomic mass is 16.5. The molecule has 3 aliphatic carbocycles. The molecule has 1 saturated heterocycles. The van der Waals surface area contributed by atoms with Crippen molar-refractivity contribution in [3.05, 3.63) is 11.6 Å². The Hall–Kier alpha value is -0.670. The molecule has 0 amide bonds. The molecule has 2 bridgehead atoms. The topological polar surface area (TPSA) is 46.5 Å². The number of hydrogen-bond donors (Lipinski definition) is 1. The largest absolute Gasteiger partial charge is 0.385 e. The van der Waals surface area contributed by atoms with E-state index < -0.39 is 11.2 Å². The van der Waals surface area contributed by atoms with Crippen molar-refractivity contribution >= 4 is 5.78 Å². The van der Waals surface area contributed by atoms with Crippen LogP contribution in [0, 0.1) is 16.7 Å². The maximum absolute atomic E-state index is 12.3. The SMILES string of the molecule is CC1=C[C@@]23CC[C@H]4C(C)(C)CCC[C@]4(CO2)[C@@]3(O)CC1=O. The maximum atomic E-state index is 12.3. The van der Waals surface area contributed by atoms with E-state index in [1.807, 2.05) is 13.0 Å². The van der Waals surface area contributed by atoms with Crippen molar-refractivity contribution in [1.29, 1.82) is 0 Å². The van der Waals surface area contributed by atoms with E-state index in [1.165, 1.54) is 6.42 Å². The molecular weight excluding hydrogens is 264 g/mol. The van der Waals surface area contributed by atoms with Crippen LogP contribution >= 0.6 is 0 Å². The number of carbonyl (C=O) groups excluding carboxylic acids is 1. The average molecular weight is 290 g/mol. The smallest absolute Gasteiger partial charge is 0.161 e. The van der Waals surface area contributed by atoms with Crippen molar-refractivity contribution in [3.63, 3.8) is 0 Å². The normalized spacial score (nSPS) is 51.1. The maximum Gasteiger partial charge on any atom is 0.161 e. The molecule has 0 aromatic heterocycles. The monoisotopic (exact) mass is 290 g/mol. The molecule has 4 aliphatic rings. The van der Waals surface area contributed by atoms with Gasteiger partial charge >= 0.3 is 0 Å². The summed E-state index contributed by atoms with van der Waals surface area (Å²) in [5.41, 5.74) is -0.816. The van der Waals surface area contributed by atoms with Crippen LogP contribution in [-0.2, 0) is 9.53 Å². The zero-order valence-corrected chi connectivity index (χ0v) is 13.4. The minimum absolute atomic E-state index is 0.0991. The molecule has 1 aliphatic heterocycles. The lowest BCUT2D eigenvalue weighted by molar-refractivity contribution is -0.201. The van der Waals surface area contributed by atoms with Gasteiger partial charge in [0.15, 0.2) is 5.78 Å². The van der Waals surface area contributed by atoms with Gasteiger partial charge in [-0.3, -0.25) is 4.79 Å². The molecule has 1 spiro atoms. The first-order valence-electron chi connectivity index (χ1n) is 8.35. The van der Waals surface area contributed by atoms with Crippen molar-refractivity contribution in [2.24, 2.45) is 16.7 Å². The summed E-state index contributed by atoms with van der Waals surface area (Å²) in [7, 11) is 0. The minimum Gasteiger partial charge on any atom is -0.385 e. The van der Waals surface area contributed by atoms with E-state index in [0.29, 0.717) is 12.5 Å². The first-order valence-corrected chi connectivity index (χ1v) is 8.35. The fourth-order valence-electron chi connectivity index (χ4n) is 6.21. The van der Waals surface area contributed by atoms with Crippen molar-refractivity contribution in [1.82, 2.24) is 0 Å². The second kappa shape index (κ2) is 3.80. The molecule has 0 aromatic carbocycles. The number of carbonyl (C=O) groups is 1. The van der Waals surface area contributed by atoms with E-state index in [2.05, 4.69) is 13.8 Å². The third-order valence-electron chi connectivity index (χ3n) is 7.28. The first kappa shape index (κ1) is 14.0. The van der Waals surface area contributed by atoms with Gasteiger partial charge in [-0.2, -0.15) is 0 Å². The minimum atomic E-state index is -0.989. The summed E-state index contributed by atoms with van der Waals surface area (Å²) < 4.78 is 6.27. The number of ketones is 1. The summed E-state index contributed by atoms with van der Waals surface area (Å²) in [6, 6.07) is 0. The van der Waals surface area contributed by atoms with Crippen LogP contribution in [0.25, 0.3) is 0 Å². The molecule has 2 saturated carbocycles. The molecule has 0 unspecified atom stereocenters. The first-order chi connectivity index (χ1) is 9.77. The average Bonchev–Trinajstić information content (AvgIpc) is 2.55. The van der Waals surface area contributed by atoms with Crippen LogP contribution in [0.15, 0.2) is 11.6 Å². The zero-order chi connectivity index (χ0) is 15.1. The second-order valence-electron chi connectivity index (χ2n) is 8.56. The number of allylic oxidation sites excluding steroid dienone is 1. The van der Waals surface area contributed by atoms with Gasteiger partial charge in [-0.15, -0.1) is 0 Å². The molecule has 0 aromatic rings. The van der Waals surface area contributed by atoms with Crippen molar-refractivity contribution < 1.29 is 14.6 Å². The molecule has 4 atom stereocenters. The third kappa shape index (κ3) is 1.40. The molecule has 0 radical (unpaired) electrons. The number of Topliss-reactive ketones (excluding diaryl/α,β-unsaturated/α-hetero) is 1. The van der Waals surface area contributed by atoms with Gasteiger partial charge in [-0.1, -0.05) is 20.3 Å². The fraction of sp³-hybridized carbons (Fsp3) is 0.833. The van der Waals surface area contributed by atoms with Gasteiger partial charge in [0.05, 0.1) is 6.61 Å². The quantitative estimate of drug-likeness (QED) is 0.746. The van der Waals surface area contributed by atoms with Crippen molar-refractivity contribution in [3.8, 4) is 0 Å². The number of ether oxygens (including phenoxy) is 1. The van der Waals surface area contributed by atoms with Crippen LogP contribution in [0.5, 0.6) is 0 Å². The van der Waals surface area contributed by atoms with Gasteiger partial charge in [0.25, 0.3) is 0 Å². The van der Waals surface area contributed by atoms with Gasteiger partial charge < -0.3 is 9.84 Å². The number of aliphatic hydroxyl groups is 1. The Kier molecular flexibility index (Phi) is 2.53. The Morgan fingerprint density at radius 1 is 1.29 bits per heavy atom. The Balaban J connectivity index is 1.90. The van der Waals surface area contributed by atoms with E-state index in [9.17, 15) is 9.90 Å². The molecule has 3 fully saturated rings. The van der Waals surface area contributed by atoms with E-state index in [-0.39, 0.29) is 23.0 Å². The lowest BCUT2D eigenvalue weighted by atomic mass is 9.43. The Bertz CT molecular complexity index is 549. The third-order valence-corrected chi connectivity index (χ3v) is 7.28. The van der Waals surface area contributed by atoms with Crippen LogP contribution in [0.3, 0.4) is 0 Å². The lowest BCUT2D eigenvalue weighted by Crippen LogP contribution is -2.68. The van der Waals surface area contributed by atoms with Gasteiger partial charge in [-0.05, 0) is 55.6 Å². The summed E-state index contributed by atoms with van der Waals surface area (Å²) in [5.74, 6) is 0.556. The second-order valence-corrected chi connectivity index (χ2v) is 8.56. The van der Waals surface area contributed by atoms with Crippen LogP contribution in [0.1, 0.15) is 59.3 Å². The van der Waals surface area contributed by atoms with Gasteiger partial charge in [-0.25, -0.2) is 0 Å². The zero-order valence-electron chi connectivity index (χ0n) is 13.4. The van der Waals surface area contributed by atoms with Gasteiger partial charge in [0.2, 0.25) is 0 Å². The van der Waals surface area contributed by atoms with E-state index >= 15 is 0 Å². The van der Waals surface area contributed by atoms with E-state index in [1.54, 1.807) is 0 Å². The molecule has 3 nitrogen and oxygen atoms in total. The Morgan fingerprint density at radius 3 is 2.81 bits per heavy atom. The fourth-order valence-corrected chi connectivity index (χ4v) is 6.21. The lowest BCUT2D eigenvalue weighted by Gasteiger charge is -2.62. The summed E-state index contributed by atoms with van der Waals surface area (Å²) in [4.78, 5) is 12.3. The molecule has 3 heteroatoms. The Morgan fingerprint density at radius 2 is 2.05 bits per heavy atom. The van der Waals surface area contributed by atoms with Crippen LogP contribution in [-0.4, -0.2) is 28.7 Å². The van der Waals surface area contributed by atoms with Crippen LogP contribution in [0.2, 0.25) is 0 Å². The van der Waals surface area contributed by atoms with Crippen molar-refractivity contribution in [2.45, 2.75) is 70.5 Å². The molecule has 4 rings (SSSR count). The predicted octanol–water partition coefficient (Wildman–Crippen LogP) is 3.01.